The van der Waals surface area contributed by atoms with Crippen LogP contribution in [0.4, 0.5) is 0 Å². The van der Waals surface area contributed by atoms with Crippen molar-refractivity contribution in [3.8, 4) is 6.07 Å². The minimum Gasteiger partial charge on any atom is -0.293 e. The summed E-state index contributed by atoms with van der Waals surface area (Å²) in [7, 11) is 0. The summed E-state index contributed by atoms with van der Waals surface area (Å²) < 4.78 is 0. The fraction of sp³-hybridized carbons (Fsp3) is 0.500. The molecule has 12 heavy (non-hydrogen) atoms. The summed E-state index contributed by atoms with van der Waals surface area (Å²) in [6.45, 7) is 6.93. The highest BCUT2D eigenvalue weighted by Gasteiger charge is 2.15. The van der Waals surface area contributed by atoms with E-state index in [1.54, 1.807) is 13.8 Å². The lowest BCUT2D eigenvalue weighted by atomic mass is 10.1. The normalized spacial score (nSPS) is 11.4. The number of rotatable bonds is 4. The van der Waals surface area contributed by atoms with Gasteiger partial charge in [0.1, 0.15) is 0 Å². The maximum Gasteiger partial charge on any atom is 0.369 e. The molecule has 0 amide bonds. The average molecular weight is 169 g/mol. The molecular weight excluding hydrogens is 158 g/mol. The Morgan fingerprint density at radius 3 is 2.75 bits per heavy atom. The smallest absolute Gasteiger partial charge is 0.293 e. The van der Waals surface area contributed by atoms with Crippen molar-refractivity contribution >= 4 is 5.97 Å². The van der Waals surface area contributed by atoms with Crippen molar-refractivity contribution < 1.29 is 14.6 Å². The second-order valence-electron chi connectivity index (χ2n) is 2.15. The van der Waals surface area contributed by atoms with Gasteiger partial charge in [0, 0.05) is 0 Å². The third-order valence-electron chi connectivity index (χ3n) is 1.23. The van der Waals surface area contributed by atoms with E-state index in [4.69, 9.17) is 5.26 Å². The summed E-state index contributed by atoms with van der Waals surface area (Å²) in [5.41, 5.74) is 0.103. The van der Waals surface area contributed by atoms with Gasteiger partial charge in [-0.2, -0.15) is 10.1 Å². The zero-order valence-electron chi connectivity index (χ0n) is 7.16. The van der Waals surface area contributed by atoms with Crippen LogP contribution in [0.25, 0.3) is 0 Å². The molecule has 0 aromatic rings. The first-order valence-electron chi connectivity index (χ1n) is 3.55. The third-order valence-corrected chi connectivity index (χ3v) is 1.23. The fourth-order valence-electron chi connectivity index (χ4n) is 0.421. The highest BCUT2D eigenvalue weighted by atomic mass is 17.2. The summed E-state index contributed by atoms with van der Waals surface area (Å²) in [6, 6.07) is 1.87. The first-order chi connectivity index (χ1) is 5.63. The van der Waals surface area contributed by atoms with Gasteiger partial charge in [0.2, 0.25) is 0 Å². The molecule has 66 valence electrons. The molecule has 0 aliphatic heterocycles. The van der Waals surface area contributed by atoms with Crippen LogP contribution < -0.4 is 0 Å². The molecule has 0 saturated heterocycles. The van der Waals surface area contributed by atoms with Gasteiger partial charge in [0.05, 0.1) is 24.2 Å². The van der Waals surface area contributed by atoms with Gasteiger partial charge in [-0.15, -0.1) is 0 Å². The molecule has 0 aliphatic rings. The Balaban J connectivity index is 3.95. The van der Waals surface area contributed by atoms with Crippen LogP contribution in [0.3, 0.4) is 0 Å². The molecule has 4 heteroatoms. The van der Waals surface area contributed by atoms with E-state index in [2.05, 4.69) is 16.4 Å². The number of nitriles is 1. The van der Waals surface area contributed by atoms with Crippen molar-refractivity contribution in [1.29, 1.82) is 5.26 Å². The molecule has 1 atom stereocenters. The maximum absolute atomic E-state index is 10.9. The van der Waals surface area contributed by atoms with Gasteiger partial charge in [-0.3, -0.25) is 4.89 Å². The minimum atomic E-state index is -0.689. The van der Waals surface area contributed by atoms with Gasteiger partial charge in [-0.25, -0.2) is 4.79 Å². The fourth-order valence-corrected chi connectivity index (χ4v) is 0.421. The molecule has 0 aliphatic carbocycles. The van der Waals surface area contributed by atoms with Crippen molar-refractivity contribution in [1.82, 2.24) is 0 Å². The Kier molecular flexibility index (Phi) is 4.73. The summed E-state index contributed by atoms with van der Waals surface area (Å²) in [5, 5.41) is 8.42. The van der Waals surface area contributed by atoms with Gasteiger partial charge in [0.25, 0.3) is 0 Å². The second kappa shape index (κ2) is 5.33. The predicted molar refractivity (Wildman–Crippen MR) is 41.6 cm³/mol. The Morgan fingerprint density at radius 1 is 1.75 bits per heavy atom. The van der Waals surface area contributed by atoms with E-state index < -0.39 is 11.9 Å². The number of carbonyl (C=O) groups is 1. The molecule has 4 nitrogen and oxygen atoms in total. The second-order valence-corrected chi connectivity index (χ2v) is 2.15. The Bertz CT molecular complexity index is 217. The van der Waals surface area contributed by atoms with Crippen LogP contribution in [0, 0.1) is 17.2 Å². The number of hydrogen-bond acceptors (Lipinski definition) is 4. The monoisotopic (exact) mass is 169 g/mol. The predicted octanol–water partition coefficient (Wildman–Crippen LogP) is 1.20. The zero-order chi connectivity index (χ0) is 9.56. The van der Waals surface area contributed by atoms with Gasteiger partial charge in [-0.1, -0.05) is 6.58 Å². The third kappa shape index (κ3) is 3.17. The molecule has 0 N–H and O–H groups in total. The molecule has 0 rings (SSSR count). The summed E-state index contributed by atoms with van der Waals surface area (Å²) >= 11 is 0. The SMILES string of the molecule is C=C(C(=O)OOCC)C(C)C#N. The van der Waals surface area contributed by atoms with Crippen LogP contribution in [-0.4, -0.2) is 12.6 Å². The molecule has 0 saturated carbocycles. The lowest BCUT2D eigenvalue weighted by Crippen LogP contribution is -2.12. The number of hydrogen-bond donors (Lipinski definition) is 0. The van der Waals surface area contributed by atoms with E-state index in [0.717, 1.165) is 0 Å². The van der Waals surface area contributed by atoms with Crippen LogP contribution in [0.5, 0.6) is 0 Å². The quantitative estimate of drug-likeness (QED) is 0.360. The summed E-state index contributed by atoms with van der Waals surface area (Å²) in [6.07, 6.45) is 0. The van der Waals surface area contributed by atoms with E-state index >= 15 is 0 Å². The van der Waals surface area contributed by atoms with Gasteiger partial charge >= 0.3 is 5.97 Å². The highest BCUT2D eigenvalue weighted by Crippen LogP contribution is 2.08. The van der Waals surface area contributed by atoms with Gasteiger partial charge in [-0.05, 0) is 13.8 Å². The molecule has 0 spiro atoms. The van der Waals surface area contributed by atoms with E-state index in [1.165, 1.54) is 0 Å². The van der Waals surface area contributed by atoms with Crippen molar-refractivity contribution in [2.24, 2.45) is 5.92 Å². The minimum absolute atomic E-state index is 0.103. The standard InChI is InChI=1S/C8H11NO3/c1-4-11-12-8(10)7(3)6(2)5-9/h6H,3-4H2,1-2H3. The van der Waals surface area contributed by atoms with Crippen LogP contribution in [-0.2, 0) is 14.6 Å². The van der Waals surface area contributed by atoms with E-state index in [-0.39, 0.29) is 12.2 Å². The largest absolute Gasteiger partial charge is 0.369 e. The van der Waals surface area contributed by atoms with E-state index in [0.29, 0.717) is 0 Å². The number of nitrogens with zero attached hydrogens (tertiary/aromatic N) is 1. The molecule has 0 fully saturated rings. The molecule has 0 radical (unpaired) electrons. The van der Waals surface area contributed by atoms with Crippen LogP contribution in [0.15, 0.2) is 12.2 Å². The average Bonchev–Trinajstić information content (AvgIpc) is 2.11. The molecule has 0 bridgehead atoms. The van der Waals surface area contributed by atoms with Crippen LogP contribution in [0.2, 0.25) is 0 Å². The number of carbonyl (C=O) groups excluding carboxylic acids is 1. The van der Waals surface area contributed by atoms with Crippen molar-refractivity contribution in [2.75, 3.05) is 6.61 Å². The van der Waals surface area contributed by atoms with Crippen molar-refractivity contribution in [3.63, 3.8) is 0 Å². The first-order valence-corrected chi connectivity index (χ1v) is 3.55. The van der Waals surface area contributed by atoms with Crippen LogP contribution in [0.1, 0.15) is 13.8 Å². The van der Waals surface area contributed by atoms with E-state index in [9.17, 15) is 4.79 Å². The lowest BCUT2D eigenvalue weighted by Gasteiger charge is -2.04. The first kappa shape index (κ1) is 10.7. The highest BCUT2D eigenvalue weighted by molar-refractivity contribution is 5.88. The summed E-state index contributed by atoms with van der Waals surface area (Å²) in [4.78, 5) is 19.6. The van der Waals surface area contributed by atoms with Crippen molar-refractivity contribution in [3.05, 3.63) is 12.2 Å². The molecule has 1 unspecified atom stereocenters. The molecular formula is C8H11NO3. The topological polar surface area (TPSA) is 59.3 Å². The molecule has 0 aromatic carbocycles. The van der Waals surface area contributed by atoms with Crippen LogP contribution >= 0.6 is 0 Å². The Hall–Kier alpha value is -1.34. The van der Waals surface area contributed by atoms with Crippen molar-refractivity contribution in [2.45, 2.75) is 13.8 Å². The lowest BCUT2D eigenvalue weighted by molar-refractivity contribution is -0.265. The Morgan fingerprint density at radius 2 is 2.33 bits per heavy atom. The van der Waals surface area contributed by atoms with E-state index in [1.807, 2.05) is 6.07 Å². The summed E-state index contributed by atoms with van der Waals surface area (Å²) in [5.74, 6) is -1.23. The Labute approximate surface area is 71.3 Å². The molecule has 0 aromatic heterocycles. The molecule has 0 heterocycles. The zero-order valence-corrected chi connectivity index (χ0v) is 7.16. The van der Waals surface area contributed by atoms with Gasteiger partial charge < -0.3 is 0 Å². The maximum atomic E-state index is 10.9. The van der Waals surface area contributed by atoms with Gasteiger partial charge in [0.15, 0.2) is 0 Å².